The second-order valence-electron chi connectivity index (χ2n) is 6.77. The van der Waals surface area contributed by atoms with Crippen LogP contribution in [0.5, 0.6) is 0 Å². The molecule has 0 radical (unpaired) electrons. The van der Waals surface area contributed by atoms with Gasteiger partial charge in [0.05, 0.1) is 22.7 Å². The van der Waals surface area contributed by atoms with E-state index >= 15 is 0 Å². The molecule has 4 aromatic carbocycles. The van der Waals surface area contributed by atoms with Crippen LogP contribution in [0.1, 0.15) is 0 Å². The Morgan fingerprint density at radius 2 is 1.03 bits per heavy atom. The molecule has 0 atom stereocenters. The van der Waals surface area contributed by atoms with Crippen molar-refractivity contribution in [3.63, 3.8) is 0 Å². The summed E-state index contributed by atoms with van der Waals surface area (Å²) >= 11 is 5.58. The Morgan fingerprint density at radius 3 is 1.47 bits per heavy atom. The van der Waals surface area contributed by atoms with E-state index in [2.05, 4.69) is 0 Å². The van der Waals surface area contributed by atoms with E-state index in [1.165, 1.54) is 0 Å². The van der Waals surface area contributed by atoms with Crippen molar-refractivity contribution in [1.29, 1.82) is 0 Å². The van der Waals surface area contributed by atoms with E-state index in [4.69, 9.17) is 44.6 Å². The minimum atomic E-state index is -1.34. The Morgan fingerprint density at radius 1 is 0.531 bits per heavy atom. The Kier molecular flexibility index (Phi) is 9.44. The van der Waals surface area contributed by atoms with E-state index < -0.39 is 7.12 Å². The highest BCUT2D eigenvalue weighted by molar-refractivity contribution is 6.58. The normalized spacial score (nSPS) is 9.59. The average Bonchev–Trinajstić information content (AvgIpc) is 2.80. The zero-order valence-corrected chi connectivity index (χ0v) is 18.2. The fourth-order valence-electron chi connectivity index (χ4n) is 2.56. The van der Waals surface area contributed by atoms with Crippen molar-refractivity contribution in [2.75, 3.05) is 22.9 Å². The Balaban J connectivity index is 0.000000178. The topological polar surface area (TPSA) is 145 Å². The van der Waals surface area contributed by atoms with Crippen LogP contribution < -0.4 is 28.4 Å². The number of nitrogen functional groups attached to an aromatic ring is 4. The van der Waals surface area contributed by atoms with Crippen molar-refractivity contribution in [2.45, 2.75) is 0 Å². The van der Waals surface area contributed by atoms with Gasteiger partial charge in [0.15, 0.2) is 0 Å². The van der Waals surface area contributed by atoms with Crippen LogP contribution in [-0.2, 0) is 0 Å². The van der Waals surface area contributed by atoms with Gasteiger partial charge in [-0.1, -0.05) is 78.3 Å². The van der Waals surface area contributed by atoms with Crippen molar-refractivity contribution < 1.29 is 10.0 Å². The summed E-state index contributed by atoms with van der Waals surface area (Å²) in [6.45, 7) is 0. The fourth-order valence-corrected chi connectivity index (χ4v) is 2.74. The third-order valence-corrected chi connectivity index (χ3v) is 4.58. The third-order valence-electron chi connectivity index (χ3n) is 4.34. The van der Waals surface area contributed by atoms with Crippen molar-refractivity contribution in [3.05, 3.63) is 102 Å². The zero-order chi connectivity index (χ0) is 23.5. The lowest BCUT2D eigenvalue weighted by Gasteiger charge is -2.04. The van der Waals surface area contributed by atoms with Gasteiger partial charge < -0.3 is 33.0 Å². The van der Waals surface area contributed by atoms with E-state index in [1.54, 1.807) is 42.5 Å². The fraction of sp³-hybridized carbons (Fsp3) is 0. The molecule has 32 heavy (non-hydrogen) atoms. The lowest BCUT2D eigenvalue weighted by Crippen LogP contribution is -2.29. The first kappa shape index (κ1) is 24.6. The number of hydrogen-bond acceptors (Lipinski definition) is 6. The van der Waals surface area contributed by atoms with Crippen LogP contribution in [0.3, 0.4) is 0 Å². The van der Waals surface area contributed by atoms with E-state index in [0.717, 1.165) is 11.1 Å². The predicted octanol–water partition coefficient (Wildman–Crippen LogP) is 3.39. The molecule has 4 rings (SSSR count). The summed E-state index contributed by atoms with van der Waals surface area (Å²) in [7, 11) is -1.34. The van der Waals surface area contributed by atoms with E-state index in [9.17, 15) is 0 Å². The monoisotopic (exact) mass is 448 g/mol. The molecule has 6 nitrogen and oxygen atoms in total. The van der Waals surface area contributed by atoms with Crippen molar-refractivity contribution >= 4 is 46.9 Å². The molecule has 0 aliphatic rings. The summed E-state index contributed by atoms with van der Waals surface area (Å²) in [5.74, 6) is 0. The van der Waals surface area contributed by atoms with Gasteiger partial charge in [0.2, 0.25) is 0 Å². The maximum Gasteiger partial charge on any atom is 0.488 e. The number of anilines is 4. The molecule has 8 heteroatoms. The summed E-state index contributed by atoms with van der Waals surface area (Å²) in [5.41, 5.74) is 27.3. The minimum Gasteiger partial charge on any atom is -0.423 e. The van der Waals surface area contributed by atoms with Gasteiger partial charge in [-0.15, -0.1) is 0 Å². The zero-order valence-electron chi connectivity index (χ0n) is 17.4. The first-order chi connectivity index (χ1) is 15.3. The third kappa shape index (κ3) is 7.88. The second-order valence-corrected chi connectivity index (χ2v) is 7.20. The lowest BCUT2D eigenvalue weighted by molar-refractivity contribution is 0.426. The summed E-state index contributed by atoms with van der Waals surface area (Å²) in [6.07, 6.45) is 0. The van der Waals surface area contributed by atoms with Gasteiger partial charge in [0, 0.05) is 5.02 Å². The van der Waals surface area contributed by atoms with Gasteiger partial charge in [0.1, 0.15) is 0 Å². The highest BCUT2D eigenvalue weighted by Crippen LogP contribution is 2.24. The van der Waals surface area contributed by atoms with Crippen molar-refractivity contribution in [2.24, 2.45) is 0 Å². The first-order valence-corrected chi connectivity index (χ1v) is 10.1. The number of benzene rings is 4. The molecule has 164 valence electrons. The molecule has 4 aromatic rings. The molecule has 0 saturated carbocycles. The van der Waals surface area contributed by atoms with Gasteiger partial charge >= 0.3 is 7.12 Å². The molecule has 0 aliphatic carbocycles. The average molecular weight is 449 g/mol. The van der Waals surface area contributed by atoms with Gasteiger partial charge in [-0.3, -0.25) is 0 Å². The van der Waals surface area contributed by atoms with Crippen LogP contribution in [0.4, 0.5) is 22.7 Å². The lowest BCUT2D eigenvalue weighted by atomic mass is 9.81. The highest BCUT2D eigenvalue weighted by Gasteiger charge is 2.07. The predicted molar refractivity (Wildman–Crippen MR) is 137 cm³/mol. The van der Waals surface area contributed by atoms with Crippen LogP contribution >= 0.6 is 11.6 Å². The molecule has 0 heterocycles. The molecular weight excluding hydrogens is 423 g/mol. The Labute approximate surface area is 193 Å². The maximum atomic E-state index is 8.58. The standard InChI is InChI=1S/C12H12N2.C6H7BO2.C6H7ClN2/c13-11-7-6-10(8-12(11)14)9-4-2-1-3-5-9;8-7(9)6-4-2-1-3-5-6;7-4-1-2-5(8)6(9)3-4/h1-8H,13-14H2;1-5,8-9H;1-3H,8-9H2. The van der Waals surface area contributed by atoms with Gasteiger partial charge in [-0.2, -0.15) is 0 Å². The van der Waals surface area contributed by atoms with Crippen LogP contribution in [-0.4, -0.2) is 17.2 Å². The van der Waals surface area contributed by atoms with E-state index in [1.807, 2.05) is 54.6 Å². The minimum absolute atomic E-state index is 0.525. The summed E-state index contributed by atoms with van der Waals surface area (Å²) in [4.78, 5) is 0. The van der Waals surface area contributed by atoms with E-state index in [-0.39, 0.29) is 0 Å². The molecular formula is C24H26BClN4O2. The largest absolute Gasteiger partial charge is 0.488 e. The number of hydrogen-bond donors (Lipinski definition) is 6. The first-order valence-electron chi connectivity index (χ1n) is 9.70. The molecule has 0 aromatic heterocycles. The molecule has 0 aliphatic heterocycles. The van der Waals surface area contributed by atoms with E-state index in [0.29, 0.717) is 33.2 Å². The molecule has 0 fully saturated rings. The van der Waals surface area contributed by atoms with Crippen LogP contribution in [0, 0.1) is 0 Å². The van der Waals surface area contributed by atoms with Crippen molar-refractivity contribution in [1.82, 2.24) is 0 Å². The molecule has 0 unspecified atom stereocenters. The summed E-state index contributed by atoms with van der Waals surface area (Å²) < 4.78 is 0. The van der Waals surface area contributed by atoms with Crippen LogP contribution in [0.25, 0.3) is 11.1 Å². The van der Waals surface area contributed by atoms with Gasteiger partial charge in [-0.05, 0) is 46.9 Å². The Hall–Kier alpha value is -3.65. The number of nitrogens with two attached hydrogens (primary N) is 4. The SMILES string of the molecule is Nc1ccc(-c2ccccc2)cc1N.Nc1ccc(Cl)cc1N.OB(O)c1ccccc1. The summed E-state index contributed by atoms with van der Waals surface area (Å²) in [5, 5.41) is 17.8. The maximum absolute atomic E-state index is 8.58. The molecule has 0 spiro atoms. The van der Waals surface area contributed by atoms with Crippen LogP contribution in [0.15, 0.2) is 97.1 Å². The quantitative estimate of drug-likeness (QED) is 0.205. The number of rotatable bonds is 2. The molecule has 0 amide bonds. The summed E-state index contributed by atoms with van der Waals surface area (Å²) in [6, 6.07) is 29.4. The number of halogens is 1. The van der Waals surface area contributed by atoms with Crippen molar-refractivity contribution in [3.8, 4) is 11.1 Å². The molecule has 0 bridgehead atoms. The molecule has 0 saturated heterocycles. The van der Waals surface area contributed by atoms with Crippen LogP contribution in [0.2, 0.25) is 5.02 Å². The highest BCUT2D eigenvalue weighted by atomic mass is 35.5. The van der Waals surface area contributed by atoms with Gasteiger partial charge in [0.25, 0.3) is 0 Å². The second kappa shape index (κ2) is 12.3. The van der Waals surface area contributed by atoms with Gasteiger partial charge in [-0.25, -0.2) is 0 Å². The smallest absolute Gasteiger partial charge is 0.423 e. The Bertz CT molecular complexity index is 1110. The molecule has 10 N–H and O–H groups in total.